The number of fused-ring (bicyclic) bond motifs is 1. The van der Waals surface area contributed by atoms with E-state index >= 15 is 0 Å². The molecule has 0 saturated heterocycles. The highest BCUT2D eigenvalue weighted by molar-refractivity contribution is 5.84. The van der Waals surface area contributed by atoms with Crippen LogP contribution in [-0.4, -0.2) is 15.5 Å². The molecule has 1 saturated carbocycles. The fraction of sp³-hybridized carbons (Fsp3) is 0.278. The molecule has 4 nitrogen and oxygen atoms in total. The minimum absolute atomic E-state index is 0.121. The first kappa shape index (κ1) is 26.1. The van der Waals surface area contributed by atoms with E-state index in [-0.39, 0.29) is 11.8 Å². The Labute approximate surface area is 237 Å². The molecule has 1 fully saturated rings. The number of nitrogens with one attached hydrogen (secondary N) is 1. The van der Waals surface area contributed by atoms with Gasteiger partial charge in [-0.15, -0.1) is 0 Å². The van der Waals surface area contributed by atoms with E-state index in [1.165, 1.54) is 31.2 Å². The maximum absolute atomic E-state index is 13.7. The van der Waals surface area contributed by atoms with Crippen molar-refractivity contribution in [1.82, 2.24) is 14.9 Å². The van der Waals surface area contributed by atoms with Crippen LogP contribution in [-0.2, 0) is 17.9 Å². The lowest BCUT2D eigenvalue weighted by Crippen LogP contribution is -2.33. The molecule has 1 amide bonds. The van der Waals surface area contributed by atoms with Crippen LogP contribution in [0.15, 0.2) is 109 Å². The Hall–Kier alpha value is -4.18. The number of aromatic nitrogens is 2. The minimum Gasteiger partial charge on any atom is -0.351 e. The Morgan fingerprint density at radius 1 is 0.750 bits per heavy atom. The quantitative estimate of drug-likeness (QED) is 0.207. The van der Waals surface area contributed by atoms with E-state index in [9.17, 15) is 4.79 Å². The lowest BCUT2D eigenvalue weighted by Gasteiger charge is -2.26. The van der Waals surface area contributed by atoms with E-state index in [0.717, 1.165) is 52.9 Å². The average molecular weight is 528 g/mol. The van der Waals surface area contributed by atoms with Gasteiger partial charge in [-0.2, -0.15) is 0 Å². The van der Waals surface area contributed by atoms with Gasteiger partial charge in [0.1, 0.15) is 5.82 Å². The van der Waals surface area contributed by atoms with Crippen molar-refractivity contribution in [2.24, 2.45) is 5.92 Å². The normalized spacial score (nSPS) is 15.0. The molecule has 6 rings (SSSR count). The zero-order valence-corrected chi connectivity index (χ0v) is 23.0. The average Bonchev–Trinajstić information content (AvgIpc) is 3.16. The van der Waals surface area contributed by atoms with Crippen LogP contribution >= 0.6 is 0 Å². The third-order valence-corrected chi connectivity index (χ3v) is 8.33. The van der Waals surface area contributed by atoms with Crippen LogP contribution in [0, 0.1) is 5.92 Å². The van der Waals surface area contributed by atoms with Crippen LogP contribution in [0.5, 0.6) is 0 Å². The summed E-state index contributed by atoms with van der Waals surface area (Å²) in [5.74, 6) is 1.38. The van der Waals surface area contributed by atoms with Crippen molar-refractivity contribution in [3.05, 3.63) is 126 Å². The van der Waals surface area contributed by atoms with E-state index in [1.54, 1.807) is 0 Å². The number of nitrogens with zero attached hydrogens (tertiary/aromatic N) is 2. The molecule has 4 aromatic carbocycles. The molecule has 202 valence electrons. The summed E-state index contributed by atoms with van der Waals surface area (Å²) in [7, 11) is 0. The van der Waals surface area contributed by atoms with Crippen LogP contribution < -0.4 is 5.32 Å². The lowest BCUT2D eigenvalue weighted by molar-refractivity contribution is -0.124. The van der Waals surface area contributed by atoms with Gasteiger partial charge in [-0.25, -0.2) is 4.98 Å². The van der Waals surface area contributed by atoms with Crippen molar-refractivity contribution >= 4 is 16.9 Å². The maximum Gasteiger partial charge on any atom is 0.228 e. The summed E-state index contributed by atoms with van der Waals surface area (Å²) in [6.07, 6.45) is 7.20. The van der Waals surface area contributed by atoms with Crippen molar-refractivity contribution in [1.29, 1.82) is 0 Å². The number of benzene rings is 4. The van der Waals surface area contributed by atoms with Crippen molar-refractivity contribution < 1.29 is 4.79 Å². The van der Waals surface area contributed by atoms with Crippen molar-refractivity contribution in [3.63, 3.8) is 0 Å². The molecule has 1 unspecified atom stereocenters. The summed E-state index contributed by atoms with van der Waals surface area (Å²) < 4.78 is 2.30. The smallest absolute Gasteiger partial charge is 0.228 e. The number of hydrogen-bond acceptors (Lipinski definition) is 2. The van der Waals surface area contributed by atoms with Crippen molar-refractivity contribution in [2.45, 2.75) is 57.5 Å². The van der Waals surface area contributed by atoms with Crippen LogP contribution in [0.2, 0.25) is 0 Å². The van der Waals surface area contributed by atoms with Crippen molar-refractivity contribution in [3.8, 4) is 11.4 Å². The van der Waals surface area contributed by atoms with Crippen LogP contribution in [0.1, 0.15) is 61.1 Å². The second-order valence-corrected chi connectivity index (χ2v) is 11.1. The zero-order chi connectivity index (χ0) is 27.1. The fourth-order valence-electron chi connectivity index (χ4n) is 6.23. The minimum atomic E-state index is -0.121. The molecule has 1 aromatic heterocycles. The lowest BCUT2D eigenvalue weighted by atomic mass is 9.80. The predicted octanol–water partition coefficient (Wildman–Crippen LogP) is 8.12. The van der Waals surface area contributed by atoms with Crippen LogP contribution in [0.25, 0.3) is 22.4 Å². The summed E-state index contributed by atoms with van der Waals surface area (Å²) >= 11 is 0. The van der Waals surface area contributed by atoms with Gasteiger partial charge in [-0.3, -0.25) is 4.79 Å². The third kappa shape index (κ3) is 5.86. The molecule has 1 heterocycles. The fourth-order valence-corrected chi connectivity index (χ4v) is 6.23. The number of para-hydroxylation sites is 2. The van der Waals surface area contributed by atoms with Gasteiger partial charge in [0, 0.05) is 18.7 Å². The number of carbonyl (C=O) groups excluding carboxylic acids is 1. The number of amides is 1. The Bertz CT molecular complexity index is 1530. The second-order valence-electron chi connectivity index (χ2n) is 11.1. The molecular formula is C36H37N3O. The van der Waals surface area contributed by atoms with E-state index in [2.05, 4.69) is 88.7 Å². The first-order valence-corrected chi connectivity index (χ1v) is 14.7. The number of hydrogen-bond donors (Lipinski definition) is 1. The summed E-state index contributed by atoms with van der Waals surface area (Å²) in [6.45, 7) is 1.29. The number of rotatable bonds is 8. The SMILES string of the molecule is O=C(NCc1ccccc1)C(c1ccc(Cn2c(-c3ccccc3)nc3ccccc32)cc1)C1CCCCCC1. The van der Waals surface area contributed by atoms with Crippen LogP contribution in [0.3, 0.4) is 0 Å². The molecule has 4 heteroatoms. The maximum atomic E-state index is 13.7. The van der Waals surface area contributed by atoms with Gasteiger partial charge in [0.15, 0.2) is 0 Å². The molecular weight excluding hydrogens is 490 g/mol. The van der Waals surface area contributed by atoms with Gasteiger partial charge < -0.3 is 9.88 Å². The highest BCUT2D eigenvalue weighted by Crippen LogP contribution is 2.36. The Morgan fingerprint density at radius 3 is 2.12 bits per heavy atom. The molecule has 1 aliphatic rings. The first-order chi connectivity index (χ1) is 19.8. The van der Waals surface area contributed by atoms with Gasteiger partial charge in [0.25, 0.3) is 0 Å². The summed E-state index contributed by atoms with van der Waals surface area (Å²) in [6, 6.07) is 37.7. The monoisotopic (exact) mass is 527 g/mol. The Kier molecular flexibility index (Phi) is 8.04. The number of imidazole rings is 1. The summed E-state index contributed by atoms with van der Waals surface area (Å²) in [5, 5.41) is 3.26. The second kappa shape index (κ2) is 12.3. The van der Waals surface area contributed by atoms with Gasteiger partial charge in [0.05, 0.1) is 17.0 Å². The van der Waals surface area contributed by atoms with Crippen molar-refractivity contribution in [2.75, 3.05) is 0 Å². The number of carbonyl (C=O) groups is 1. The highest BCUT2D eigenvalue weighted by atomic mass is 16.1. The third-order valence-electron chi connectivity index (χ3n) is 8.33. The van der Waals surface area contributed by atoms with Gasteiger partial charge in [-0.05, 0) is 47.6 Å². The van der Waals surface area contributed by atoms with E-state index in [0.29, 0.717) is 12.5 Å². The first-order valence-electron chi connectivity index (χ1n) is 14.7. The largest absolute Gasteiger partial charge is 0.351 e. The van der Waals surface area contributed by atoms with Gasteiger partial charge >= 0.3 is 0 Å². The highest BCUT2D eigenvalue weighted by Gasteiger charge is 2.30. The van der Waals surface area contributed by atoms with Gasteiger partial charge in [-0.1, -0.05) is 123 Å². The summed E-state index contributed by atoms with van der Waals surface area (Å²) in [4.78, 5) is 18.7. The Morgan fingerprint density at radius 2 is 1.40 bits per heavy atom. The molecule has 40 heavy (non-hydrogen) atoms. The molecule has 1 atom stereocenters. The molecule has 0 aliphatic heterocycles. The van der Waals surface area contributed by atoms with Gasteiger partial charge in [0.2, 0.25) is 5.91 Å². The Balaban J connectivity index is 1.27. The molecule has 1 N–H and O–H groups in total. The van der Waals surface area contributed by atoms with E-state index in [4.69, 9.17) is 4.98 Å². The van der Waals surface area contributed by atoms with Crippen LogP contribution in [0.4, 0.5) is 0 Å². The molecule has 0 spiro atoms. The van der Waals surface area contributed by atoms with E-state index in [1.807, 2.05) is 30.3 Å². The van der Waals surface area contributed by atoms with E-state index < -0.39 is 0 Å². The topological polar surface area (TPSA) is 46.9 Å². The summed E-state index contributed by atoms with van der Waals surface area (Å²) in [5.41, 5.74) is 6.70. The molecule has 1 aliphatic carbocycles. The standard InChI is InChI=1S/C36H37N3O/c40-36(37-25-27-13-5-3-6-14-27)34(29-15-7-1-2-8-16-29)30-23-21-28(22-24-30)26-39-33-20-12-11-19-32(33)38-35(39)31-17-9-4-10-18-31/h3-6,9-14,17-24,29,34H,1-2,7-8,15-16,25-26H2,(H,37,40). The molecule has 5 aromatic rings. The molecule has 0 radical (unpaired) electrons. The molecule has 0 bridgehead atoms. The zero-order valence-electron chi connectivity index (χ0n) is 23.0. The predicted molar refractivity (Wildman–Crippen MR) is 163 cm³/mol.